The number of nitrogens with one attached hydrogen (secondary N) is 1. The first kappa shape index (κ1) is 21.3. The number of nitrogens with zero attached hydrogens (tertiary/aromatic N) is 3. The number of hydrogen-bond donors (Lipinski definition) is 1. The fraction of sp³-hybridized carbons (Fsp3) is 0.0435. The predicted molar refractivity (Wildman–Crippen MR) is 132 cm³/mol. The Hall–Kier alpha value is -3.53. The number of benzene rings is 1. The Bertz CT molecular complexity index is 1600. The van der Waals surface area contributed by atoms with Crippen molar-refractivity contribution >= 4 is 50.4 Å². The summed E-state index contributed by atoms with van der Waals surface area (Å²) in [6.07, 6.45) is 2.73. The average Bonchev–Trinajstić information content (AvgIpc) is 3.48. The molecule has 33 heavy (non-hydrogen) atoms. The highest BCUT2D eigenvalue weighted by molar-refractivity contribution is 7.18. The molecule has 0 aliphatic carbocycles. The smallest absolute Gasteiger partial charge is 0.281 e. The molecule has 1 aromatic carbocycles. The lowest BCUT2D eigenvalue weighted by molar-refractivity contribution is 0.101. The van der Waals surface area contributed by atoms with Gasteiger partial charge in [0.2, 0.25) is 0 Å². The largest absolute Gasteiger partial charge is 0.310 e. The monoisotopic (exact) mass is 494 g/mol. The van der Waals surface area contributed by atoms with E-state index in [1.165, 1.54) is 51.9 Å². The van der Waals surface area contributed by atoms with Crippen LogP contribution in [0.15, 0.2) is 81.4 Å². The molecule has 0 aliphatic heterocycles. The molecule has 0 bridgehead atoms. The minimum absolute atomic E-state index is 0.214. The number of pyridine rings is 1. The minimum atomic E-state index is -0.543. The Labute approximate surface area is 200 Å². The average molecular weight is 495 g/mol. The van der Waals surface area contributed by atoms with Crippen LogP contribution in [0.25, 0.3) is 20.7 Å². The summed E-state index contributed by atoms with van der Waals surface area (Å²) in [6.45, 7) is 0.214. The van der Waals surface area contributed by atoms with E-state index in [1.807, 2.05) is 35.0 Å². The van der Waals surface area contributed by atoms with E-state index in [4.69, 9.17) is 11.6 Å². The summed E-state index contributed by atoms with van der Waals surface area (Å²) in [5, 5.41) is 4.81. The summed E-state index contributed by atoms with van der Waals surface area (Å²) in [7, 11) is 0. The highest BCUT2D eigenvalue weighted by Crippen LogP contribution is 2.33. The number of carbonyl (C=O) groups excluding carboxylic acids is 1. The number of aromatic nitrogens is 3. The number of carbonyl (C=O) groups is 1. The maximum Gasteiger partial charge on any atom is 0.281 e. The first-order chi connectivity index (χ1) is 16.0. The van der Waals surface area contributed by atoms with Gasteiger partial charge in [-0.1, -0.05) is 35.9 Å². The maximum absolute atomic E-state index is 13.1. The van der Waals surface area contributed by atoms with E-state index in [0.29, 0.717) is 15.2 Å². The Morgan fingerprint density at radius 2 is 1.91 bits per heavy atom. The van der Waals surface area contributed by atoms with Gasteiger partial charge in [0.25, 0.3) is 17.0 Å². The summed E-state index contributed by atoms with van der Waals surface area (Å²) >= 11 is 9.11. The molecule has 0 unspecified atom stereocenters. The molecule has 10 heteroatoms. The fourth-order valence-electron chi connectivity index (χ4n) is 3.40. The quantitative estimate of drug-likeness (QED) is 0.391. The van der Waals surface area contributed by atoms with Gasteiger partial charge >= 0.3 is 0 Å². The number of thiophene rings is 2. The van der Waals surface area contributed by atoms with Crippen molar-refractivity contribution < 1.29 is 4.79 Å². The van der Waals surface area contributed by atoms with Crippen molar-refractivity contribution in [3.63, 3.8) is 0 Å². The van der Waals surface area contributed by atoms with E-state index in [9.17, 15) is 14.4 Å². The molecule has 5 aromatic rings. The van der Waals surface area contributed by atoms with Crippen molar-refractivity contribution in [1.82, 2.24) is 14.2 Å². The molecular weight excluding hydrogens is 480 g/mol. The van der Waals surface area contributed by atoms with Crippen LogP contribution in [0.3, 0.4) is 0 Å². The van der Waals surface area contributed by atoms with E-state index < -0.39 is 5.91 Å². The van der Waals surface area contributed by atoms with Crippen LogP contribution in [0.4, 0.5) is 0 Å². The Morgan fingerprint density at radius 3 is 2.70 bits per heavy atom. The number of rotatable bonds is 5. The van der Waals surface area contributed by atoms with Gasteiger partial charge in [-0.3, -0.25) is 19.8 Å². The van der Waals surface area contributed by atoms with Gasteiger partial charge in [0.1, 0.15) is 11.2 Å². The SMILES string of the molecule is O=C(Nn1cnc2scc(-c3cccs3)c2c1=O)c1ccc(=O)n(Cc2ccccc2Cl)c1. The molecule has 0 aliphatic rings. The van der Waals surface area contributed by atoms with Crippen molar-refractivity contribution in [2.45, 2.75) is 6.54 Å². The van der Waals surface area contributed by atoms with E-state index in [0.717, 1.165) is 20.7 Å². The molecule has 4 heterocycles. The van der Waals surface area contributed by atoms with E-state index >= 15 is 0 Å². The van der Waals surface area contributed by atoms with Gasteiger partial charge in [-0.05, 0) is 29.1 Å². The summed E-state index contributed by atoms with van der Waals surface area (Å²) in [5.41, 5.74) is 3.69. The van der Waals surface area contributed by atoms with Crippen molar-refractivity contribution in [1.29, 1.82) is 0 Å². The standard InChI is InChI=1S/C23H15ClN4O3S2/c24-17-5-2-1-4-14(17)10-27-11-15(7-8-19(27)29)21(30)26-28-13-25-22-20(23(28)31)16(12-33-22)18-6-3-9-32-18/h1-9,11-13H,10H2,(H,26,30). The molecule has 1 N–H and O–H groups in total. The van der Waals surface area contributed by atoms with Crippen LogP contribution in [0.1, 0.15) is 15.9 Å². The summed E-state index contributed by atoms with van der Waals surface area (Å²) in [6, 6.07) is 13.8. The lowest BCUT2D eigenvalue weighted by Crippen LogP contribution is -2.34. The zero-order chi connectivity index (χ0) is 22.9. The Morgan fingerprint density at radius 1 is 1.06 bits per heavy atom. The van der Waals surface area contributed by atoms with Crippen molar-refractivity contribution in [2.75, 3.05) is 5.43 Å². The number of hydrogen-bond acceptors (Lipinski definition) is 6. The summed E-state index contributed by atoms with van der Waals surface area (Å²) in [5.74, 6) is -0.543. The molecule has 0 atom stereocenters. The second-order valence-corrected chi connectivity index (χ2v) is 9.36. The number of halogens is 1. The van der Waals surface area contributed by atoms with Crippen molar-refractivity contribution in [2.24, 2.45) is 0 Å². The molecule has 4 aromatic heterocycles. The summed E-state index contributed by atoms with van der Waals surface area (Å²) in [4.78, 5) is 44.2. The van der Waals surface area contributed by atoms with Crippen LogP contribution < -0.4 is 16.5 Å². The lowest BCUT2D eigenvalue weighted by atomic mass is 10.2. The van der Waals surface area contributed by atoms with Crippen molar-refractivity contribution in [3.05, 3.63) is 109 Å². The minimum Gasteiger partial charge on any atom is -0.310 e. The van der Waals surface area contributed by atoms with Crippen LogP contribution in [-0.4, -0.2) is 20.1 Å². The molecular formula is C23H15ClN4O3S2. The molecule has 0 fully saturated rings. The number of amides is 1. The van der Waals surface area contributed by atoms with Gasteiger partial charge in [-0.2, -0.15) is 0 Å². The molecule has 0 radical (unpaired) electrons. The van der Waals surface area contributed by atoms with Crippen LogP contribution in [-0.2, 0) is 6.54 Å². The highest BCUT2D eigenvalue weighted by Gasteiger charge is 2.16. The van der Waals surface area contributed by atoms with Gasteiger partial charge < -0.3 is 4.57 Å². The zero-order valence-electron chi connectivity index (χ0n) is 16.9. The third-order valence-electron chi connectivity index (χ3n) is 5.05. The predicted octanol–water partition coefficient (Wildman–Crippen LogP) is 4.43. The number of fused-ring (bicyclic) bond motifs is 1. The van der Waals surface area contributed by atoms with Crippen LogP contribution >= 0.6 is 34.3 Å². The molecule has 0 saturated carbocycles. The summed E-state index contributed by atoms with van der Waals surface area (Å²) < 4.78 is 2.46. The Kier molecular flexibility index (Phi) is 5.67. The van der Waals surface area contributed by atoms with Crippen LogP contribution in [0, 0.1) is 0 Å². The topological polar surface area (TPSA) is 86.0 Å². The van der Waals surface area contributed by atoms with Crippen LogP contribution in [0.5, 0.6) is 0 Å². The molecule has 0 spiro atoms. The molecule has 164 valence electrons. The molecule has 5 rings (SSSR count). The Balaban J connectivity index is 1.46. The third-order valence-corrected chi connectivity index (χ3v) is 7.21. The first-order valence-electron chi connectivity index (χ1n) is 9.79. The lowest BCUT2D eigenvalue weighted by Gasteiger charge is -2.11. The van der Waals surface area contributed by atoms with E-state index in [2.05, 4.69) is 10.4 Å². The highest BCUT2D eigenvalue weighted by atomic mass is 35.5. The van der Waals surface area contributed by atoms with Crippen LogP contribution in [0.2, 0.25) is 5.02 Å². The fourth-order valence-corrected chi connectivity index (χ4v) is 5.31. The first-order valence-corrected chi connectivity index (χ1v) is 11.9. The second-order valence-electron chi connectivity index (χ2n) is 7.14. The maximum atomic E-state index is 13.1. The molecule has 1 amide bonds. The molecule has 7 nitrogen and oxygen atoms in total. The normalized spacial score (nSPS) is 11.1. The van der Waals surface area contributed by atoms with Gasteiger partial charge in [-0.15, -0.1) is 22.7 Å². The van der Waals surface area contributed by atoms with Crippen molar-refractivity contribution in [3.8, 4) is 10.4 Å². The second kappa shape index (κ2) is 8.78. The van der Waals surface area contributed by atoms with E-state index in [1.54, 1.807) is 12.1 Å². The van der Waals surface area contributed by atoms with Gasteiger partial charge in [0.15, 0.2) is 0 Å². The third kappa shape index (κ3) is 4.13. The van der Waals surface area contributed by atoms with Gasteiger partial charge in [0, 0.05) is 33.1 Å². The zero-order valence-corrected chi connectivity index (χ0v) is 19.3. The van der Waals surface area contributed by atoms with Gasteiger partial charge in [0.05, 0.1) is 17.5 Å². The van der Waals surface area contributed by atoms with E-state index in [-0.39, 0.29) is 23.2 Å². The molecule has 0 saturated heterocycles. The van der Waals surface area contributed by atoms with Gasteiger partial charge in [-0.25, -0.2) is 9.66 Å².